The number of hydrogen-bond acceptors (Lipinski definition) is 7. The monoisotopic (exact) mass is 455 g/mol. The molecule has 33 heavy (non-hydrogen) atoms. The van der Waals surface area contributed by atoms with Crippen molar-refractivity contribution in [2.75, 3.05) is 66.0 Å². The smallest absolute Gasteiger partial charge is 0.339 e. The van der Waals surface area contributed by atoms with Gasteiger partial charge < -0.3 is 24.0 Å². The number of para-hydroxylation sites is 1. The summed E-state index contributed by atoms with van der Waals surface area (Å²) in [5.41, 5.74) is 1.36. The first-order valence-electron chi connectivity index (χ1n) is 10.6. The number of nitrogens with zero attached hydrogens (tertiary/aromatic N) is 3. The summed E-state index contributed by atoms with van der Waals surface area (Å²) >= 11 is 0. The standard InChI is InChI=1S/C24H29N3O6/c1-25(19-8-6-5-7-18(19)24(30)33-4)22(28)16-26-11-13-27(14-12-26)23(29)17-9-10-20(31-2)21(15-17)32-3/h5-10,15H,11-14,16H2,1-4H3. The molecule has 1 aliphatic rings. The van der Waals surface area contributed by atoms with Crippen LogP contribution in [0.15, 0.2) is 42.5 Å². The van der Waals surface area contributed by atoms with E-state index < -0.39 is 5.97 Å². The molecule has 9 heteroatoms. The average molecular weight is 456 g/mol. The van der Waals surface area contributed by atoms with Gasteiger partial charge in [0.25, 0.3) is 5.91 Å². The zero-order chi connectivity index (χ0) is 24.0. The third-order valence-corrected chi connectivity index (χ3v) is 5.69. The molecule has 0 atom stereocenters. The van der Waals surface area contributed by atoms with Gasteiger partial charge in [0, 0.05) is 38.8 Å². The number of hydrogen-bond donors (Lipinski definition) is 0. The van der Waals surface area contributed by atoms with Crippen molar-refractivity contribution in [2.45, 2.75) is 0 Å². The second-order valence-corrected chi connectivity index (χ2v) is 7.60. The molecule has 0 radical (unpaired) electrons. The van der Waals surface area contributed by atoms with Crippen molar-refractivity contribution in [3.63, 3.8) is 0 Å². The highest BCUT2D eigenvalue weighted by Gasteiger charge is 2.26. The topological polar surface area (TPSA) is 88.6 Å². The average Bonchev–Trinajstić information content (AvgIpc) is 2.87. The molecule has 0 bridgehead atoms. The number of anilines is 1. The minimum absolute atomic E-state index is 0.0916. The van der Waals surface area contributed by atoms with E-state index in [2.05, 4.69) is 0 Å². The Morgan fingerprint density at radius 3 is 2.21 bits per heavy atom. The number of amides is 2. The molecule has 0 aliphatic carbocycles. The molecule has 0 spiro atoms. The third kappa shape index (κ3) is 5.43. The normalized spacial score (nSPS) is 13.9. The van der Waals surface area contributed by atoms with Crippen LogP contribution in [-0.4, -0.2) is 88.7 Å². The molecule has 2 aromatic carbocycles. The van der Waals surface area contributed by atoms with E-state index in [0.717, 1.165) is 0 Å². The van der Waals surface area contributed by atoms with E-state index in [1.165, 1.54) is 19.1 Å². The first-order valence-corrected chi connectivity index (χ1v) is 10.6. The number of carbonyl (C=O) groups excluding carboxylic acids is 3. The summed E-state index contributed by atoms with van der Waals surface area (Å²) in [4.78, 5) is 43.0. The van der Waals surface area contributed by atoms with Crippen LogP contribution in [0.3, 0.4) is 0 Å². The van der Waals surface area contributed by atoms with Crippen LogP contribution >= 0.6 is 0 Å². The number of esters is 1. The van der Waals surface area contributed by atoms with E-state index in [9.17, 15) is 14.4 Å². The Kier molecular flexibility index (Phi) is 7.89. The molecule has 3 rings (SSSR count). The maximum Gasteiger partial charge on any atom is 0.339 e. The minimum Gasteiger partial charge on any atom is -0.493 e. The quantitative estimate of drug-likeness (QED) is 0.590. The van der Waals surface area contributed by atoms with Gasteiger partial charge in [0.2, 0.25) is 5.91 Å². The first kappa shape index (κ1) is 24.1. The molecular weight excluding hydrogens is 426 g/mol. The lowest BCUT2D eigenvalue weighted by atomic mass is 10.1. The molecule has 1 saturated heterocycles. The molecule has 0 saturated carbocycles. The van der Waals surface area contributed by atoms with Gasteiger partial charge in [-0.2, -0.15) is 0 Å². The lowest BCUT2D eigenvalue weighted by Gasteiger charge is -2.35. The minimum atomic E-state index is -0.493. The van der Waals surface area contributed by atoms with Crippen LogP contribution in [0.4, 0.5) is 5.69 Å². The number of piperazine rings is 1. The van der Waals surface area contributed by atoms with Gasteiger partial charge in [-0.1, -0.05) is 12.1 Å². The van der Waals surface area contributed by atoms with E-state index in [-0.39, 0.29) is 18.4 Å². The van der Waals surface area contributed by atoms with Crippen molar-refractivity contribution in [1.82, 2.24) is 9.80 Å². The summed E-state index contributed by atoms with van der Waals surface area (Å²) in [6.45, 7) is 2.32. The molecule has 9 nitrogen and oxygen atoms in total. The van der Waals surface area contributed by atoms with Crippen molar-refractivity contribution in [3.05, 3.63) is 53.6 Å². The van der Waals surface area contributed by atoms with Gasteiger partial charge in [-0.3, -0.25) is 14.5 Å². The van der Waals surface area contributed by atoms with E-state index in [4.69, 9.17) is 14.2 Å². The maximum atomic E-state index is 12.9. The van der Waals surface area contributed by atoms with Gasteiger partial charge in [0.05, 0.1) is 39.1 Å². The Bertz CT molecular complexity index is 1020. The summed E-state index contributed by atoms with van der Waals surface area (Å²) < 4.78 is 15.3. The van der Waals surface area contributed by atoms with E-state index >= 15 is 0 Å². The molecule has 1 aliphatic heterocycles. The predicted octanol–water partition coefficient (Wildman–Crippen LogP) is 1.91. The van der Waals surface area contributed by atoms with Crippen LogP contribution in [0.5, 0.6) is 11.5 Å². The Morgan fingerprint density at radius 2 is 1.58 bits per heavy atom. The SMILES string of the molecule is COC(=O)c1ccccc1N(C)C(=O)CN1CCN(C(=O)c2ccc(OC)c(OC)c2)CC1. The fourth-order valence-electron chi connectivity index (χ4n) is 3.74. The summed E-state index contributed by atoms with van der Waals surface area (Å²) in [6, 6.07) is 11.9. The molecular formula is C24H29N3O6. The molecule has 0 N–H and O–H groups in total. The molecule has 1 fully saturated rings. The third-order valence-electron chi connectivity index (χ3n) is 5.69. The van der Waals surface area contributed by atoms with Crippen LogP contribution in [0.1, 0.15) is 20.7 Å². The number of likely N-dealkylation sites (N-methyl/N-ethyl adjacent to an activating group) is 1. The van der Waals surface area contributed by atoms with Crippen LogP contribution in [-0.2, 0) is 9.53 Å². The van der Waals surface area contributed by atoms with Gasteiger partial charge >= 0.3 is 5.97 Å². The summed E-state index contributed by atoms with van der Waals surface area (Å²) in [5, 5.41) is 0. The fraction of sp³-hybridized carbons (Fsp3) is 0.375. The summed E-state index contributed by atoms with van der Waals surface area (Å²) in [5.74, 6) is 0.336. The second kappa shape index (κ2) is 10.8. The lowest BCUT2D eigenvalue weighted by molar-refractivity contribution is -0.119. The van der Waals surface area contributed by atoms with Crippen LogP contribution in [0.2, 0.25) is 0 Å². The van der Waals surface area contributed by atoms with Crippen molar-refractivity contribution >= 4 is 23.5 Å². The molecule has 176 valence electrons. The Morgan fingerprint density at radius 1 is 0.909 bits per heavy atom. The zero-order valence-corrected chi connectivity index (χ0v) is 19.4. The Balaban J connectivity index is 1.59. The van der Waals surface area contributed by atoms with Crippen molar-refractivity contribution in [1.29, 1.82) is 0 Å². The van der Waals surface area contributed by atoms with Crippen molar-refractivity contribution in [3.8, 4) is 11.5 Å². The first-order chi connectivity index (χ1) is 15.9. The van der Waals surface area contributed by atoms with E-state index in [0.29, 0.717) is 54.5 Å². The highest BCUT2D eigenvalue weighted by molar-refractivity contribution is 6.02. The lowest BCUT2D eigenvalue weighted by Crippen LogP contribution is -2.51. The maximum absolute atomic E-state index is 12.9. The molecule has 1 heterocycles. The molecule has 0 aromatic heterocycles. The molecule has 0 unspecified atom stereocenters. The van der Waals surface area contributed by atoms with Crippen molar-refractivity contribution < 1.29 is 28.6 Å². The van der Waals surface area contributed by atoms with Gasteiger partial charge in [-0.25, -0.2) is 4.79 Å². The second-order valence-electron chi connectivity index (χ2n) is 7.60. The zero-order valence-electron chi connectivity index (χ0n) is 19.4. The van der Waals surface area contributed by atoms with Crippen molar-refractivity contribution in [2.24, 2.45) is 0 Å². The van der Waals surface area contributed by atoms with Gasteiger partial charge in [0.1, 0.15) is 0 Å². The fourth-order valence-corrected chi connectivity index (χ4v) is 3.74. The van der Waals surface area contributed by atoms with Crippen LogP contribution < -0.4 is 14.4 Å². The van der Waals surface area contributed by atoms with E-state index in [1.54, 1.807) is 61.5 Å². The number of methoxy groups -OCH3 is 3. The Labute approximate surface area is 193 Å². The molecule has 2 amide bonds. The van der Waals surface area contributed by atoms with E-state index in [1.807, 2.05) is 4.90 Å². The van der Waals surface area contributed by atoms with Gasteiger partial charge in [-0.05, 0) is 30.3 Å². The molecule has 2 aromatic rings. The number of carbonyl (C=O) groups is 3. The van der Waals surface area contributed by atoms with Crippen LogP contribution in [0.25, 0.3) is 0 Å². The largest absolute Gasteiger partial charge is 0.493 e. The Hall–Kier alpha value is -3.59. The summed E-state index contributed by atoms with van der Waals surface area (Å²) in [7, 11) is 6.03. The highest BCUT2D eigenvalue weighted by atomic mass is 16.5. The number of rotatable bonds is 7. The highest BCUT2D eigenvalue weighted by Crippen LogP contribution is 2.28. The summed E-state index contributed by atoms with van der Waals surface area (Å²) in [6.07, 6.45) is 0. The van der Waals surface area contributed by atoms with Gasteiger partial charge in [0.15, 0.2) is 11.5 Å². The number of benzene rings is 2. The van der Waals surface area contributed by atoms with Crippen LogP contribution in [0, 0.1) is 0 Å². The predicted molar refractivity (Wildman–Crippen MR) is 123 cm³/mol. The van der Waals surface area contributed by atoms with Gasteiger partial charge in [-0.15, -0.1) is 0 Å². The number of ether oxygens (including phenoxy) is 3.